The maximum Gasteiger partial charge on any atom is 0.404 e. The number of hydrogen-bond acceptors (Lipinski definition) is 5. The smallest absolute Gasteiger partial charge is 0.404 e. The molecule has 0 spiro atoms. The fraction of sp³-hybridized carbons (Fsp3) is 0.600. The van der Waals surface area contributed by atoms with Crippen LogP contribution in [0.15, 0.2) is 29.2 Å². The average molecular weight is 491 g/mol. The molecule has 10 nitrogen and oxygen atoms in total. The molecule has 0 unspecified atom stereocenters. The molecule has 0 saturated carbocycles. The van der Waals surface area contributed by atoms with Crippen LogP contribution >= 0.6 is 0 Å². The van der Waals surface area contributed by atoms with Crippen LogP contribution < -0.4 is 15.5 Å². The summed E-state index contributed by atoms with van der Waals surface area (Å²) in [7, 11) is 0. The zero-order valence-corrected chi connectivity index (χ0v) is 20.4. The number of rotatable bonds is 16. The van der Waals surface area contributed by atoms with Gasteiger partial charge in [0.15, 0.2) is 0 Å². The molecule has 3 N–H and O–H groups in total. The Kier molecular flexibility index (Phi) is 12.4. The van der Waals surface area contributed by atoms with Crippen molar-refractivity contribution in [3.8, 4) is 0 Å². The first-order valence-electron chi connectivity index (χ1n) is 12.4. The standard InChI is InChI=1S/C25H38N4O6/c1-2-22(31)28-17-18-29(23(32)19-28)24-14-12-20(35-24)11-13-21(30)26-15-9-7-5-3-4-6-8-10-16-27-25(33)34/h2,12,14,27H,1,3-11,13,15-19H2,(H,26,30)(H,33,34). The third-order valence-electron chi connectivity index (χ3n) is 5.92. The van der Waals surface area contributed by atoms with E-state index in [1.165, 1.54) is 15.9 Å². The third kappa shape index (κ3) is 10.7. The molecule has 0 atom stereocenters. The van der Waals surface area contributed by atoms with Crippen LogP contribution in [0.5, 0.6) is 0 Å². The maximum atomic E-state index is 12.4. The number of carboxylic acid groups (broad SMARTS) is 1. The fourth-order valence-corrected chi connectivity index (χ4v) is 3.93. The van der Waals surface area contributed by atoms with Gasteiger partial charge in [-0.25, -0.2) is 4.79 Å². The number of nitrogens with zero attached hydrogens (tertiary/aromatic N) is 2. The highest BCUT2D eigenvalue weighted by Crippen LogP contribution is 2.22. The maximum absolute atomic E-state index is 12.4. The summed E-state index contributed by atoms with van der Waals surface area (Å²) in [6.07, 6.45) is 9.51. The van der Waals surface area contributed by atoms with Gasteiger partial charge in [-0.1, -0.05) is 45.1 Å². The van der Waals surface area contributed by atoms with E-state index in [0.29, 0.717) is 50.7 Å². The summed E-state index contributed by atoms with van der Waals surface area (Å²) in [4.78, 5) is 49.4. The zero-order valence-electron chi connectivity index (χ0n) is 20.4. The third-order valence-corrected chi connectivity index (χ3v) is 5.92. The topological polar surface area (TPSA) is 132 Å². The summed E-state index contributed by atoms with van der Waals surface area (Å²) in [6.45, 7) is 5.40. The van der Waals surface area contributed by atoms with Crippen LogP contribution in [-0.4, -0.2) is 66.5 Å². The van der Waals surface area contributed by atoms with Crippen molar-refractivity contribution in [3.05, 3.63) is 30.5 Å². The minimum absolute atomic E-state index is 0.00436. The average Bonchev–Trinajstić information content (AvgIpc) is 3.31. The molecule has 4 amide bonds. The van der Waals surface area contributed by atoms with Crippen LogP contribution in [0.2, 0.25) is 0 Å². The Morgan fingerprint density at radius 2 is 1.60 bits per heavy atom. The van der Waals surface area contributed by atoms with Gasteiger partial charge in [-0.05, 0) is 25.0 Å². The fourth-order valence-electron chi connectivity index (χ4n) is 3.93. The first kappa shape index (κ1) is 27.9. The van der Waals surface area contributed by atoms with E-state index in [4.69, 9.17) is 9.52 Å². The SMILES string of the molecule is C=CC(=O)N1CCN(c2ccc(CCC(=O)NCCCCCCCCCCNC(=O)O)o2)C(=O)C1. The van der Waals surface area contributed by atoms with Crippen LogP contribution in [0.25, 0.3) is 0 Å². The van der Waals surface area contributed by atoms with Gasteiger partial charge in [0.1, 0.15) is 12.3 Å². The van der Waals surface area contributed by atoms with Crippen LogP contribution in [0.4, 0.5) is 10.7 Å². The Hall–Kier alpha value is -3.30. The summed E-state index contributed by atoms with van der Waals surface area (Å²) in [6, 6.07) is 3.50. The van der Waals surface area contributed by atoms with Crippen molar-refractivity contribution in [3.63, 3.8) is 0 Å². The summed E-state index contributed by atoms with van der Waals surface area (Å²) < 4.78 is 5.76. The molecule has 1 aliphatic rings. The van der Waals surface area contributed by atoms with Gasteiger partial charge in [-0.3, -0.25) is 19.3 Å². The summed E-state index contributed by atoms with van der Waals surface area (Å²) in [5.41, 5.74) is 0. The minimum Gasteiger partial charge on any atom is -0.465 e. The van der Waals surface area contributed by atoms with E-state index >= 15 is 0 Å². The number of unbranched alkanes of at least 4 members (excludes halogenated alkanes) is 7. The number of piperazine rings is 1. The predicted octanol–water partition coefficient (Wildman–Crippen LogP) is 3.08. The van der Waals surface area contributed by atoms with E-state index in [0.717, 1.165) is 51.4 Å². The van der Waals surface area contributed by atoms with E-state index < -0.39 is 6.09 Å². The molecular formula is C25H38N4O6. The van der Waals surface area contributed by atoms with E-state index in [1.54, 1.807) is 12.1 Å². The molecule has 1 aromatic heterocycles. The normalized spacial score (nSPS) is 13.5. The van der Waals surface area contributed by atoms with Crippen molar-refractivity contribution in [2.45, 2.75) is 64.2 Å². The number of carbonyl (C=O) groups excluding carboxylic acids is 3. The van der Waals surface area contributed by atoms with Gasteiger partial charge in [0.05, 0.1) is 0 Å². The second-order valence-corrected chi connectivity index (χ2v) is 8.66. The van der Waals surface area contributed by atoms with Crippen LogP contribution in [-0.2, 0) is 20.8 Å². The lowest BCUT2D eigenvalue weighted by Crippen LogP contribution is -2.52. The van der Waals surface area contributed by atoms with E-state index in [2.05, 4.69) is 17.2 Å². The highest BCUT2D eigenvalue weighted by molar-refractivity contribution is 5.98. The Bertz CT molecular complexity index is 853. The lowest BCUT2D eigenvalue weighted by atomic mass is 10.1. The van der Waals surface area contributed by atoms with Crippen LogP contribution in [0.3, 0.4) is 0 Å². The molecule has 2 rings (SSSR count). The number of hydrogen-bond donors (Lipinski definition) is 3. The van der Waals surface area contributed by atoms with Crippen molar-refractivity contribution < 1.29 is 28.7 Å². The van der Waals surface area contributed by atoms with Crippen molar-refractivity contribution in [2.75, 3.05) is 37.6 Å². The first-order valence-corrected chi connectivity index (χ1v) is 12.4. The van der Waals surface area contributed by atoms with Crippen molar-refractivity contribution in [2.24, 2.45) is 0 Å². The minimum atomic E-state index is -0.963. The van der Waals surface area contributed by atoms with Crippen LogP contribution in [0.1, 0.15) is 63.5 Å². The van der Waals surface area contributed by atoms with Crippen molar-refractivity contribution in [1.82, 2.24) is 15.5 Å². The number of anilines is 1. The molecule has 1 fully saturated rings. The Morgan fingerprint density at radius 3 is 2.20 bits per heavy atom. The molecule has 1 saturated heterocycles. The molecule has 2 heterocycles. The monoisotopic (exact) mass is 490 g/mol. The first-order chi connectivity index (χ1) is 16.9. The quantitative estimate of drug-likeness (QED) is 0.241. The van der Waals surface area contributed by atoms with Gasteiger partial charge < -0.3 is 25.1 Å². The lowest BCUT2D eigenvalue weighted by Gasteiger charge is -2.32. The van der Waals surface area contributed by atoms with Crippen LogP contribution in [0, 0.1) is 0 Å². The van der Waals surface area contributed by atoms with E-state index in [9.17, 15) is 19.2 Å². The second kappa shape index (κ2) is 15.6. The zero-order chi connectivity index (χ0) is 25.5. The van der Waals surface area contributed by atoms with E-state index in [-0.39, 0.29) is 24.3 Å². The molecule has 0 bridgehead atoms. The summed E-state index contributed by atoms with van der Waals surface area (Å²) >= 11 is 0. The Morgan fingerprint density at radius 1 is 0.971 bits per heavy atom. The molecule has 35 heavy (non-hydrogen) atoms. The predicted molar refractivity (Wildman–Crippen MR) is 132 cm³/mol. The molecule has 1 aliphatic heterocycles. The second-order valence-electron chi connectivity index (χ2n) is 8.66. The lowest BCUT2D eigenvalue weighted by molar-refractivity contribution is -0.133. The number of amides is 4. The number of nitrogens with one attached hydrogen (secondary N) is 2. The summed E-state index contributed by atoms with van der Waals surface area (Å²) in [5.74, 6) is 0.590. The highest BCUT2D eigenvalue weighted by atomic mass is 16.4. The molecular weight excluding hydrogens is 452 g/mol. The molecule has 0 aromatic carbocycles. The molecule has 0 radical (unpaired) electrons. The Labute approximate surface area is 206 Å². The van der Waals surface area contributed by atoms with Crippen molar-refractivity contribution in [1.29, 1.82) is 0 Å². The number of carbonyl (C=O) groups is 4. The van der Waals surface area contributed by atoms with Gasteiger partial charge in [-0.15, -0.1) is 0 Å². The molecule has 194 valence electrons. The molecule has 10 heteroatoms. The van der Waals surface area contributed by atoms with E-state index in [1.807, 2.05) is 0 Å². The largest absolute Gasteiger partial charge is 0.465 e. The van der Waals surface area contributed by atoms with Gasteiger partial charge >= 0.3 is 6.09 Å². The molecule has 0 aliphatic carbocycles. The highest BCUT2D eigenvalue weighted by Gasteiger charge is 2.28. The summed E-state index contributed by atoms with van der Waals surface area (Å²) in [5, 5.41) is 13.8. The van der Waals surface area contributed by atoms with Gasteiger partial charge in [0, 0.05) is 45.1 Å². The van der Waals surface area contributed by atoms with Gasteiger partial charge in [-0.2, -0.15) is 0 Å². The Balaban J connectivity index is 1.51. The van der Waals surface area contributed by atoms with Gasteiger partial charge in [0.25, 0.3) is 0 Å². The van der Waals surface area contributed by atoms with Crippen molar-refractivity contribution >= 4 is 29.7 Å². The number of furan rings is 1. The van der Waals surface area contributed by atoms with Gasteiger partial charge in [0.2, 0.25) is 23.6 Å². The molecule has 1 aromatic rings. The number of aryl methyl sites for hydroxylation is 1.